The van der Waals surface area contributed by atoms with E-state index in [0.29, 0.717) is 6.54 Å². The molecule has 0 radical (unpaired) electrons. The third kappa shape index (κ3) is 2.63. The van der Waals surface area contributed by atoms with Gasteiger partial charge in [-0.1, -0.05) is 0 Å². The molecule has 1 N–H and O–H groups in total. The maximum Gasteiger partial charge on any atom is 0.128 e. The highest BCUT2D eigenvalue weighted by atomic mass is 16.3. The van der Waals surface area contributed by atoms with Crippen LogP contribution in [0.5, 0.6) is 0 Å². The van der Waals surface area contributed by atoms with Crippen LogP contribution in [-0.4, -0.2) is 34.3 Å². The van der Waals surface area contributed by atoms with Gasteiger partial charge in [-0.15, -0.1) is 0 Å². The van der Waals surface area contributed by atoms with Crippen LogP contribution in [0.25, 0.3) is 11.3 Å². The van der Waals surface area contributed by atoms with Gasteiger partial charge < -0.3 is 10.0 Å². The number of aliphatic hydroxyl groups excluding tert-OH is 1. The van der Waals surface area contributed by atoms with E-state index in [-0.39, 0.29) is 6.10 Å². The molecule has 1 atom stereocenters. The van der Waals surface area contributed by atoms with Gasteiger partial charge in [-0.2, -0.15) is 0 Å². The zero-order valence-corrected chi connectivity index (χ0v) is 11.9. The van der Waals surface area contributed by atoms with E-state index in [0.717, 1.165) is 36.0 Å². The van der Waals surface area contributed by atoms with E-state index in [4.69, 9.17) is 0 Å². The number of hydrogen-bond donors (Lipinski definition) is 1. The van der Waals surface area contributed by atoms with Crippen LogP contribution in [0.15, 0.2) is 36.7 Å². The zero-order valence-electron chi connectivity index (χ0n) is 11.9. The Hall–Kier alpha value is -1.94. The zero-order chi connectivity index (χ0) is 14.2. The number of aromatic nitrogens is 2. The number of nitrogens with zero attached hydrogens (tertiary/aromatic N) is 3. The number of anilines is 1. The summed E-state index contributed by atoms with van der Waals surface area (Å²) in [6.07, 6.45) is 7.00. The van der Waals surface area contributed by atoms with Gasteiger partial charge in [0, 0.05) is 31.0 Å². The lowest BCUT2D eigenvalue weighted by Crippen LogP contribution is -2.21. The quantitative estimate of drug-likeness (QED) is 0.939. The Balaban J connectivity index is 1.57. The van der Waals surface area contributed by atoms with Crippen molar-refractivity contribution in [2.45, 2.75) is 31.3 Å². The molecule has 1 aliphatic heterocycles. The predicted molar refractivity (Wildman–Crippen MR) is 82.3 cm³/mol. The van der Waals surface area contributed by atoms with Crippen LogP contribution in [0.1, 0.15) is 30.7 Å². The van der Waals surface area contributed by atoms with Crippen LogP contribution >= 0.6 is 0 Å². The summed E-state index contributed by atoms with van der Waals surface area (Å²) >= 11 is 0. The second-order valence-corrected chi connectivity index (χ2v) is 6.04. The molecule has 0 amide bonds. The molecule has 2 aromatic heterocycles. The second kappa shape index (κ2) is 5.11. The van der Waals surface area contributed by atoms with Crippen LogP contribution in [0.2, 0.25) is 0 Å². The van der Waals surface area contributed by atoms with Crippen molar-refractivity contribution in [2.75, 3.05) is 18.0 Å². The average Bonchev–Trinajstić information content (AvgIpc) is 3.29. The van der Waals surface area contributed by atoms with Gasteiger partial charge in [0.1, 0.15) is 5.82 Å². The molecule has 0 aromatic carbocycles. The first-order valence-corrected chi connectivity index (χ1v) is 7.65. The van der Waals surface area contributed by atoms with Crippen molar-refractivity contribution in [1.82, 2.24) is 9.97 Å². The standard InChI is InChI=1S/C17H19N3O/c21-15-6-8-20(11-15)17-4-3-14(10-19-17)16-9-13(5-7-18-16)12-1-2-12/h3-5,7,9-10,12,15,21H,1-2,6,8,11H2/t15-/m0/s1. The summed E-state index contributed by atoms with van der Waals surface area (Å²) < 4.78 is 0. The molecule has 0 bridgehead atoms. The lowest BCUT2D eigenvalue weighted by molar-refractivity contribution is 0.198. The minimum Gasteiger partial charge on any atom is -0.391 e. The smallest absolute Gasteiger partial charge is 0.128 e. The molecule has 2 aromatic rings. The summed E-state index contributed by atoms with van der Waals surface area (Å²) in [6.45, 7) is 1.56. The predicted octanol–water partition coefficient (Wildman–Crippen LogP) is 2.59. The maximum absolute atomic E-state index is 9.60. The lowest BCUT2D eigenvalue weighted by Gasteiger charge is -2.16. The highest BCUT2D eigenvalue weighted by molar-refractivity contribution is 5.61. The van der Waals surface area contributed by atoms with E-state index in [1.54, 1.807) is 0 Å². The summed E-state index contributed by atoms with van der Waals surface area (Å²) in [6, 6.07) is 8.41. The topological polar surface area (TPSA) is 49.2 Å². The van der Waals surface area contributed by atoms with Gasteiger partial charge in [0.05, 0.1) is 11.8 Å². The van der Waals surface area contributed by atoms with Gasteiger partial charge in [-0.05, 0) is 55.0 Å². The molecule has 1 saturated carbocycles. The molecule has 21 heavy (non-hydrogen) atoms. The maximum atomic E-state index is 9.60. The molecule has 0 unspecified atom stereocenters. The molecular weight excluding hydrogens is 262 g/mol. The highest BCUT2D eigenvalue weighted by Crippen LogP contribution is 2.40. The SMILES string of the molecule is O[C@H]1CCN(c2ccc(-c3cc(C4CC4)ccn3)cn2)C1. The van der Waals surface area contributed by atoms with Crippen molar-refractivity contribution >= 4 is 5.82 Å². The molecule has 4 rings (SSSR count). The van der Waals surface area contributed by atoms with E-state index in [9.17, 15) is 5.11 Å². The Labute approximate surface area is 124 Å². The van der Waals surface area contributed by atoms with E-state index < -0.39 is 0 Å². The van der Waals surface area contributed by atoms with Gasteiger partial charge >= 0.3 is 0 Å². The number of hydrogen-bond acceptors (Lipinski definition) is 4. The van der Waals surface area contributed by atoms with Crippen molar-refractivity contribution in [3.8, 4) is 11.3 Å². The fourth-order valence-electron chi connectivity index (χ4n) is 2.95. The molecule has 1 saturated heterocycles. The lowest BCUT2D eigenvalue weighted by atomic mass is 10.1. The van der Waals surface area contributed by atoms with Crippen LogP contribution < -0.4 is 4.90 Å². The summed E-state index contributed by atoms with van der Waals surface area (Å²) in [5.41, 5.74) is 3.45. The summed E-state index contributed by atoms with van der Waals surface area (Å²) in [4.78, 5) is 11.1. The third-order valence-electron chi connectivity index (χ3n) is 4.36. The van der Waals surface area contributed by atoms with Gasteiger partial charge in [0.15, 0.2) is 0 Å². The van der Waals surface area contributed by atoms with Crippen LogP contribution in [0.4, 0.5) is 5.82 Å². The second-order valence-electron chi connectivity index (χ2n) is 6.04. The van der Waals surface area contributed by atoms with E-state index in [1.165, 1.54) is 18.4 Å². The Morgan fingerprint density at radius 1 is 1.10 bits per heavy atom. The van der Waals surface area contributed by atoms with Crippen LogP contribution in [-0.2, 0) is 0 Å². The minimum atomic E-state index is -0.219. The largest absolute Gasteiger partial charge is 0.391 e. The number of pyridine rings is 2. The van der Waals surface area contributed by atoms with Crippen LogP contribution in [0.3, 0.4) is 0 Å². The minimum absolute atomic E-state index is 0.219. The van der Waals surface area contributed by atoms with E-state index >= 15 is 0 Å². The Kier molecular flexibility index (Phi) is 3.11. The molecule has 0 spiro atoms. The number of β-amino-alcohol motifs (C(OH)–C–C–N with tert-alkyl or cyclic N) is 1. The van der Waals surface area contributed by atoms with Crippen molar-refractivity contribution < 1.29 is 5.11 Å². The molecule has 108 valence electrons. The molecule has 2 aliphatic rings. The van der Waals surface area contributed by atoms with E-state index in [1.807, 2.05) is 18.5 Å². The van der Waals surface area contributed by atoms with Gasteiger partial charge in [-0.25, -0.2) is 4.98 Å². The molecule has 2 fully saturated rings. The first-order valence-electron chi connectivity index (χ1n) is 7.65. The monoisotopic (exact) mass is 281 g/mol. The normalized spacial score (nSPS) is 21.8. The average molecular weight is 281 g/mol. The molecule has 3 heterocycles. The third-order valence-corrected chi connectivity index (χ3v) is 4.36. The molecule has 4 nitrogen and oxygen atoms in total. The fraction of sp³-hybridized carbons (Fsp3) is 0.412. The summed E-state index contributed by atoms with van der Waals surface area (Å²) in [5.74, 6) is 1.68. The van der Waals surface area contributed by atoms with Crippen molar-refractivity contribution in [3.05, 3.63) is 42.2 Å². The Morgan fingerprint density at radius 2 is 2.00 bits per heavy atom. The Bertz CT molecular complexity index is 637. The first-order chi connectivity index (χ1) is 10.3. The summed E-state index contributed by atoms with van der Waals surface area (Å²) in [7, 11) is 0. The fourth-order valence-corrected chi connectivity index (χ4v) is 2.95. The Morgan fingerprint density at radius 3 is 2.67 bits per heavy atom. The summed E-state index contributed by atoms with van der Waals surface area (Å²) in [5, 5.41) is 9.60. The van der Waals surface area contributed by atoms with Crippen molar-refractivity contribution in [1.29, 1.82) is 0 Å². The van der Waals surface area contributed by atoms with Crippen LogP contribution in [0, 0.1) is 0 Å². The van der Waals surface area contributed by atoms with Crippen molar-refractivity contribution in [2.24, 2.45) is 0 Å². The highest BCUT2D eigenvalue weighted by Gasteiger charge is 2.24. The van der Waals surface area contributed by atoms with Gasteiger partial charge in [0.25, 0.3) is 0 Å². The molecule has 1 aliphatic carbocycles. The van der Waals surface area contributed by atoms with E-state index in [2.05, 4.69) is 33.1 Å². The van der Waals surface area contributed by atoms with Crippen molar-refractivity contribution in [3.63, 3.8) is 0 Å². The first kappa shape index (κ1) is 12.8. The number of aliphatic hydroxyl groups is 1. The van der Waals surface area contributed by atoms with Gasteiger partial charge in [0.2, 0.25) is 0 Å². The van der Waals surface area contributed by atoms with Gasteiger partial charge in [-0.3, -0.25) is 4.98 Å². The molecular formula is C17H19N3O. The number of rotatable bonds is 3. The molecule has 4 heteroatoms.